The zero-order valence-corrected chi connectivity index (χ0v) is 14.7. The van der Waals surface area contributed by atoms with Gasteiger partial charge in [-0.25, -0.2) is 8.42 Å². The first kappa shape index (κ1) is 19.5. The summed E-state index contributed by atoms with van der Waals surface area (Å²) >= 11 is 0. The summed E-state index contributed by atoms with van der Waals surface area (Å²) in [5.74, 6) is -1.01. The van der Waals surface area contributed by atoms with Gasteiger partial charge in [0.15, 0.2) is 0 Å². The zero-order valence-electron chi connectivity index (χ0n) is 13.9. The molecule has 3 rings (SSSR count). The molecule has 2 atom stereocenters. The van der Waals surface area contributed by atoms with E-state index >= 15 is 0 Å². The maximum absolute atomic E-state index is 12.6. The summed E-state index contributed by atoms with van der Waals surface area (Å²) in [5, 5.41) is 10.7. The SMILES string of the molecule is O=C([C@@H]1C[C@@H]1[N+](=O)[O-])N1CCN(S(=O)(=O)c2ccc(C(F)(F)F)cc2)CC1. The number of halogens is 3. The van der Waals surface area contributed by atoms with Crippen LogP contribution in [0.3, 0.4) is 0 Å². The van der Waals surface area contributed by atoms with Crippen LogP contribution in [0.4, 0.5) is 13.2 Å². The Kier molecular flexibility index (Phi) is 4.89. The first-order valence-corrected chi connectivity index (χ1v) is 9.55. The summed E-state index contributed by atoms with van der Waals surface area (Å²) < 4.78 is 64.0. The van der Waals surface area contributed by atoms with E-state index in [9.17, 15) is 36.5 Å². The van der Waals surface area contributed by atoms with Crippen molar-refractivity contribution in [1.82, 2.24) is 9.21 Å². The Labute approximate surface area is 152 Å². The van der Waals surface area contributed by atoms with Crippen LogP contribution in [-0.4, -0.2) is 60.7 Å². The number of amides is 1. The maximum Gasteiger partial charge on any atom is 0.416 e. The van der Waals surface area contributed by atoms with E-state index in [-0.39, 0.29) is 43.4 Å². The molecule has 1 saturated carbocycles. The zero-order chi connectivity index (χ0) is 20.0. The topological polar surface area (TPSA) is 101 Å². The number of nitrogens with zero attached hydrogens (tertiary/aromatic N) is 3. The van der Waals surface area contributed by atoms with Crippen LogP contribution in [0.15, 0.2) is 29.2 Å². The molecule has 0 unspecified atom stereocenters. The number of alkyl halides is 3. The van der Waals surface area contributed by atoms with Gasteiger partial charge in [-0.1, -0.05) is 0 Å². The third-order valence-electron chi connectivity index (χ3n) is 4.71. The van der Waals surface area contributed by atoms with Gasteiger partial charge >= 0.3 is 6.18 Å². The number of carbonyl (C=O) groups is 1. The molecule has 1 heterocycles. The lowest BCUT2D eigenvalue weighted by Crippen LogP contribution is -2.51. The minimum atomic E-state index is -4.56. The molecule has 1 aromatic carbocycles. The Morgan fingerprint density at radius 1 is 1.11 bits per heavy atom. The highest BCUT2D eigenvalue weighted by Crippen LogP contribution is 2.35. The Morgan fingerprint density at radius 3 is 2.11 bits per heavy atom. The van der Waals surface area contributed by atoms with Crippen LogP contribution in [0.25, 0.3) is 0 Å². The number of hydrogen-bond donors (Lipinski definition) is 0. The number of rotatable bonds is 4. The fraction of sp³-hybridized carbons (Fsp3) is 0.533. The number of benzene rings is 1. The lowest BCUT2D eigenvalue weighted by molar-refractivity contribution is -0.497. The second-order valence-corrected chi connectivity index (χ2v) is 8.38. The summed E-state index contributed by atoms with van der Waals surface area (Å²) in [6, 6.07) is 2.35. The molecule has 0 spiro atoms. The van der Waals surface area contributed by atoms with Crippen molar-refractivity contribution in [2.75, 3.05) is 26.2 Å². The number of nitro groups is 1. The predicted molar refractivity (Wildman–Crippen MR) is 85.7 cm³/mol. The van der Waals surface area contributed by atoms with Crippen molar-refractivity contribution < 1.29 is 31.3 Å². The van der Waals surface area contributed by atoms with Gasteiger partial charge in [0, 0.05) is 37.5 Å². The molecule has 1 aliphatic heterocycles. The summed E-state index contributed by atoms with van der Waals surface area (Å²) in [4.78, 5) is 23.5. The van der Waals surface area contributed by atoms with Gasteiger partial charge in [0.05, 0.1) is 10.5 Å². The van der Waals surface area contributed by atoms with Gasteiger partial charge in [-0.3, -0.25) is 14.9 Å². The number of carbonyl (C=O) groups excluding carboxylic acids is 1. The van der Waals surface area contributed by atoms with Gasteiger partial charge in [0.1, 0.15) is 5.92 Å². The van der Waals surface area contributed by atoms with E-state index < -0.39 is 38.6 Å². The lowest BCUT2D eigenvalue weighted by atomic mass is 10.2. The molecular weight excluding hydrogens is 391 g/mol. The largest absolute Gasteiger partial charge is 0.416 e. The highest BCUT2D eigenvalue weighted by molar-refractivity contribution is 7.89. The van der Waals surface area contributed by atoms with E-state index in [4.69, 9.17) is 0 Å². The maximum atomic E-state index is 12.6. The van der Waals surface area contributed by atoms with E-state index in [0.717, 1.165) is 16.4 Å². The van der Waals surface area contributed by atoms with Gasteiger partial charge < -0.3 is 4.90 Å². The normalized spacial score (nSPS) is 23.9. The van der Waals surface area contributed by atoms with Gasteiger partial charge in [-0.2, -0.15) is 17.5 Å². The Hall–Kier alpha value is -2.21. The Balaban J connectivity index is 1.63. The average Bonchev–Trinajstić information content (AvgIpc) is 3.41. The standard InChI is InChI=1S/C15H16F3N3O5S/c16-15(17,18)10-1-3-11(4-2-10)27(25,26)20-7-5-19(6-8-20)14(22)12-9-13(12)21(23)24/h1-4,12-13H,5-9H2/t12-,13+/m1/s1. The monoisotopic (exact) mass is 407 g/mol. The van der Waals surface area contributed by atoms with Gasteiger partial charge in [-0.15, -0.1) is 0 Å². The van der Waals surface area contributed by atoms with Gasteiger partial charge in [0.2, 0.25) is 22.0 Å². The molecule has 8 nitrogen and oxygen atoms in total. The molecule has 2 fully saturated rings. The molecule has 0 N–H and O–H groups in total. The molecule has 1 amide bonds. The fourth-order valence-corrected chi connectivity index (χ4v) is 4.45. The highest BCUT2D eigenvalue weighted by atomic mass is 32.2. The van der Waals surface area contributed by atoms with Crippen molar-refractivity contribution in [1.29, 1.82) is 0 Å². The summed E-state index contributed by atoms with van der Waals surface area (Å²) in [5.41, 5.74) is -0.943. The molecule has 0 bridgehead atoms. The number of piperazine rings is 1. The Bertz CT molecular complexity index is 848. The molecule has 148 valence electrons. The number of sulfonamides is 1. The Morgan fingerprint density at radius 2 is 1.67 bits per heavy atom. The molecule has 0 aromatic heterocycles. The average molecular weight is 407 g/mol. The molecule has 1 aliphatic carbocycles. The minimum absolute atomic E-state index is 0.0229. The van der Waals surface area contributed by atoms with Crippen LogP contribution >= 0.6 is 0 Å². The van der Waals surface area contributed by atoms with E-state index in [1.165, 1.54) is 4.90 Å². The number of hydrogen-bond acceptors (Lipinski definition) is 5. The quantitative estimate of drug-likeness (QED) is 0.552. The van der Waals surface area contributed by atoms with E-state index in [2.05, 4.69) is 0 Å². The van der Waals surface area contributed by atoms with Crippen molar-refractivity contribution >= 4 is 15.9 Å². The van der Waals surface area contributed by atoms with Crippen LogP contribution in [0.5, 0.6) is 0 Å². The second-order valence-electron chi connectivity index (χ2n) is 6.45. The summed E-state index contributed by atoms with van der Waals surface area (Å²) in [7, 11) is -3.98. The van der Waals surface area contributed by atoms with Crippen molar-refractivity contribution in [2.45, 2.75) is 23.5 Å². The first-order chi connectivity index (χ1) is 12.5. The van der Waals surface area contributed by atoms with Crippen molar-refractivity contribution in [2.24, 2.45) is 5.92 Å². The van der Waals surface area contributed by atoms with E-state index in [1.54, 1.807) is 0 Å². The van der Waals surface area contributed by atoms with Crippen molar-refractivity contribution in [3.05, 3.63) is 39.9 Å². The summed E-state index contributed by atoms with van der Waals surface area (Å²) in [6.45, 7) is 0.120. The molecule has 1 aromatic rings. The summed E-state index contributed by atoms with van der Waals surface area (Å²) in [6.07, 6.45) is -4.37. The van der Waals surface area contributed by atoms with Crippen molar-refractivity contribution in [3.8, 4) is 0 Å². The van der Waals surface area contributed by atoms with Crippen LogP contribution < -0.4 is 0 Å². The van der Waals surface area contributed by atoms with E-state index in [0.29, 0.717) is 12.1 Å². The first-order valence-electron chi connectivity index (χ1n) is 8.11. The molecule has 0 radical (unpaired) electrons. The molecule has 1 saturated heterocycles. The van der Waals surface area contributed by atoms with Crippen LogP contribution in [0.1, 0.15) is 12.0 Å². The smallest absolute Gasteiger partial charge is 0.340 e. The lowest BCUT2D eigenvalue weighted by Gasteiger charge is -2.34. The van der Waals surface area contributed by atoms with Gasteiger partial charge in [-0.05, 0) is 24.3 Å². The minimum Gasteiger partial charge on any atom is -0.340 e. The second kappa shape index (κ2) is 6.75. The third kappa shape index (κ3) is 3.90. The molecule has 2 aliphatic rings. The predicted octanol–water partition coefficient (Wildman–Crippen LogP) is 1.20. The molecular formula is C15H16F3N3O5S. The van der Waals surface area contributed by atoms with Crippen LogP contribution in [0, 0.1) is 16.0 Å². The molecule has 12 heteroatoms. The van der Waals surface area contributed by atoms with Gasteiger partial charge in [0.25, 0.3) is 0 Å². The third-order valence-corrected chi connectivity index (χ3v) is 6.63. The van der Waals surface area contributed by atoms with E-state index in [1.807, 2.05) is 0 Å². The van der Waals surface area contributed by atoms with Crippen LogP contribution in [-0.2, 0) is 21.0 Å². The van der Waals surface area contributed by atoms with Crippen molar-refractivity contribution in [3.63, 3.8) is 0 Å². The van der Waals surface area contributed by atoms with Crippen LogP contribution in [0.2, 0.25) is 0 Å². The fourth-order valence-electron chi connectivity index (χ4n) is 3.03. The highest BCUT2D eigenvalue weighted by Gasteiger charge is 2.54. The molecule has 27 heavy (non-hydrogen) atoms.